The topological polar surface area (TPSA) is 73.4 Å². The highest BCUT2D eigenvalue weighted by Gasteiger charge is 2.25. The predicted molar refractivity (Wildman–Crippen MR) is 112 cm³/mol. The van der Waals surface area contributed by atoms with E-state index in [-0.39, 0.29) is 36.8 Å². The molecule has 1 atom stereocenters. The second kappa shape index (κ2) is 10.5. The van der Waals surface area contributed by atoms with Crippen molar-refractivity contribution < 1.29 is 9.53 Å². The van der Waals surface area contributed by atoms with Gasteiger partial charge in [-0.05, 0) is 38.0 Å². The molecule has 1 amide bonds. The number of aryl methyl sites for hydroxylation is 3. The van der Waals surface area contributed by atoms with Crippen LogP contribution in [0.5, 0.6) is 0 Å². The first-order valence-corrected chi connectivity index (χ1v) is 8.76. The Bertz CT molecular complexity index is 751. The highest BCUT2D eigenvalue weighted by molar-refractivity contribution is 5.85. The van der Waals surface area contributed by atoms with Crippen molar-refractivity contribution >= 4 is 36.4 Å². The highest BCUT2D eigenvalue weighted by atomic mass is 35.5. The number of carbonyl (C=O) groups excluding carboxylic acids is 1. The zero-order valence-corrected chi connectivity index (χ0v) is 17.4. The van der Waals surface area contributed by atoms with Gasteiger partial charge in [0.1, 0.15) is 0 Å². The summed E-state index contributed by atoms with van der Waals surface area (Å²) in [5, 5.41) is 4.48. The smallest absolute Gasteiger partial charge is 0.223 e. The first-order valence-electron chi connectivity index (χ1n) is 8.76. The van der Waals surface area contributed by atoms with E-state index in [1.54, 1.807) is 0 Å². The zero-order chi connectivity index (χ0) is 17.8. The molecule has 1 unspecified atom stereocenters. The Labute approximate surface area is 172 Å². The highest BCUT2D eigenvalue weighted by Crippen LogP contribution is 2.15. The van der Waals surface area contributed by atoms with Gasteiger partial charge in [-0.2, -0.15) is 5.10 Å². The Morgan fingerprint density at radius 1 is 1.30 bits per heavy atom. The standard InChI is InChI=1S/C19H26N4O2.2ClH/c1-14-11-15(2)23(21-14)13-17-12-22(9-10-25-17)19(24)8-7-16-5-3-4-6-18(16)20;;/h3-6,11,17H,7-10,12-13,20H2,1-2H3;2*1H. The van der Waals surface area contributed by atoms with Crippen molar-refractivity contribution in [2.24, 2.45) is 0 Å². The van der Waals surface area contributed by atoms with Crippen molar-refractivity contribution in [3.8, 4) is 0 Å². The fourth-order valence-corrected chi connectivity index (χ4v) is 3.27. The fraction of sp³-hybridized carbons (Fsp3) is 0.474. The molecular weight excluding hydrogens is 387 g/mol. The van der Waals surface area contributed by atoms with Gasteiger partial charge in [-0.25, -0.2) is 0 Å². The normalized spacial score (nSPS) is 16.4. The van der Waals surface area contributed by atoms with Crippen LogP contribution in [0.4, 0.5) is 5.69 Å². The summed E-state index contributed by atoms with van der Waals surface area (Å²) in [5.74, 6) is 0.157. The van der Waals surface area contributed by atoms with Crippen molar-refractivity contribution in [1.29, 1.82) is 0 Å². The van der Waals surface area contributed by atoms with E-state index in [0.29, 0.717) is 39.1 Å². The molecule has 1 aliphatic heterocycles. The van der Waals surface area contributed by atoms with E-state index in [4.69, 9.17) is 10.5 Å². The number of carbonyl (C=O) groups is 1. The molecule has 6 nitrogen and oxygen atoms in total. The molecule has 8 heteroatoms. The van der Waals surface area contributed by atoms with Gasteiger partial charge in [0.15, 0.2) is 0 Å². The summed E-state index contributed by atoms with van der Waals surface area (Å²) in [6.45, 7) is 6.53. The number of rotatable bonds is 5. The number of anilines is 1. The Kier molecular flexibility index (Phi) is 9.09. The van der Waals surface area contributed by atoms with Gasteiger partial charge in [0.2, 0.25) is 5.91 Å². The number of hydrogen-bond acceptors (Lipinski definition) is 4. The molecule has 27 heavy (non-hydrogen) atoms. The van der Waals surface area contributed by atoms with Gasteiger partial charge in [0.25, 0.3) is 0 Å². The molecule has 150 valence electrons. The molecule has 3 rings (SSSR count). The summed E-state index contributed by atoms with van der Waals surface area (Å²) >= 11 is 0. The SMILES string of the molecule is Cc1cc(C)n(CC2CN(C(=O)CCc3ccccc3N)CCO2)n1.Cl.Cl. The van der Waals surface area contributed by atoms with Crippen LogP contribution in [-0.4, -0.2) is 46.4 Å². The van der Waals surface area contributed by atoms with Crippen molar-refractivity contribution in [1.82, 2.24) is 14.7 Å². The fourth-order valence-electron chi connectivity index (χ4n) is 3.27. The van der Waals surface area contributed by atoms with Crippen LogP contribution in [0.1, 0.15) is 23.4 Å². The maximum Gasteiger partial charge on any atom is 0.223 e. The maximum atomic E-state index is 12.6. The minimum Gasteiger partial charge on any atom is -0.399 e. The van der Waals surface area contributed by atoms with E-state index in [2.05, 4.69) is 11.2 Å². The molecule has 0 saturated carbocycles. The lowest BCUT2D eigenvalue weighted by molar-refractivity contribution is -0.139. The average Bonchev–Trinajstić information content (AvgIpc) is 2.91. The number of nitrogens with zero attached hydrogens (tertiary/aromatic N) is 3. The molecule has 1 saturated heterocycles. The Balaban J connectivity index is 0.00000182. The maximum absolute atomic E-state index is 12.6. The van der Waals surface area contributed by atoms with Crippen LogP contribution >= 0.6 is 24.8 Å². The molecule has 2 aromatic rings. The lowest BCUT2D eigenvalue weighted by atomic mass is 10.1. The lowest BCUT2D eigenvalue weighted by Gasteiger charge is -2.33. The van der Waals surface area contributed by atoms with Gasteiger partial charge in [-0.15, -0.1) is 24.8 Å². The lowest BCUT2D eigenvalue weighted by Crippen LogP contribution is -2.47. The first-order chi connectivity index (χ1) is 12.0. The molecule has 0 bridgehead atoms. The quantitative estimate of drug-likeness (QED) is 0.763. The number of aromatic nitrogens is 2. The molecule has 2 N–H and O–H groups in total. The Morgan fingerprint density at radius 2 is 2.04 bits per heavy atom. The van der Waals surface area contributed by atoms with E-state index in [1.807, 2.05) is 47.7 Å². The van der Waals surface area contributed by atoms with Crippen molar-refractivity contribution in [2.45, 2.75) is 39.3 Å². The van der Waals surface area contributed by atoms with Crippen LogP contribution < -0.4 is 5.73 Å². The summed E-state index contributed by atoms with van der Waals surface area (Å²) in [4.78, 5) is 14.5. The van der Waals surface area contributed by atoms with Crippen LogP contribution in [0.3, 0.4) is 0 Å². The number of amides is 1. The number of nitrogen functional groups attached to an aromatic ring is 1. The van der Waals surface area contributed by atoms with Crippen LogP contribution in [0.25, 0.3) is 0 Å². The molecule has 1 aromatic heterocycles. The molecule has 0 aliphatic carbocycles. The van der Waals surface area contributed by atoms with Crippen molar-refractivity contribution in [2.75, 3.05) is 25.4 Å². The number of benzene rings is 1. The third-order valence-corrected chi connectivity index (χ3v) is 4.63. The second-order valence-electron chi connectivity index (χ2n) is 6.64. The summed E-state index contributed by atoms with van der Waals surface area (Å²) < 4.78 is 7.79. The number of nitrogens with two attached hydrogens (primary N) is 1. The molecule has 1 fully saturated rings. The number of ether oxygens (including phenoxy) is 1. The number of hydrogen-bond donors (Lipinski definition) is 1. The van der Waals surface area contributed by atoms with Gasteiger partial charge < -0.3 is 15.4 Å². The summed E-state index contributed by atoms with van der Waals surface area (Å²) in [5.41, 5.74) is 9.85. The summed E-state index contributed by atoms with van der Waals surface area (Å²) in [7, 11) is 0. The Hall–Kier alpha value is -1.76. The van der Waals surface area contributed by atoms with Gasteiger partial charge in [-0.3, -0.25) is 9.48 Å². The van der Waals surface area contributed by atoms with E-state index in [1.165, 1.54) is 0 Å². The van der Waals surface area contributed by atoms with Gasteiger partial charge >= 0.3 is 0 Å². The molecule has 1 aromatic carbocycles. The molecule has 2 heterocycles. The van der Waals surface area contributed by atoms with E-state index in [9.17, 15) is 4.79 Å². The number of para-hydroxylation sites is 1. The van der Waals surface area contributed by atoms with E-state index < -0.39 is 0 Å². The zero-order valence-electron chi connectivity index (χ0n) is 15.8. The molecule has 1 aliphatic rings. The van der Waals surface area contributed by atoms with Crippen LogP contribution in [-0.2, 0) is 22.5 Å². The van der Waals surface area contributed by atoms with E-state index >= 15 is 0 Å². The van der Waals surface area contributed by atoms with Crippen molar-refractivity contribution in [3.63, 3.8) is 0 Å². The monoisotopic (exact) mass is 414 g/mol. The number of halogens is 2. The summed E-state index contributed by atoms with van der Waals surface area (Å²) in [6.07, 6.45) is 1.13. The van der Waals surface area contributed by atoms with E-state index in [0.717, 1.165) is 22.6 Å². The van der Waals surface area contributed by atoms with Crippen LogP contribution in [0.2, 0.25) is 0 Å². The minimum atomic E-state index is -0.0162. The average molecular weight is 415 g/mol. The van der Waals surface area contributed by atoms with Gasteiger partial charge in [0.05, 0.1) is 24.9 Å². The van der Waals surface area contributed by atoms with Crippen LogP contribution in [0, 0.1) is 13.8 Å². The molecule has 0 radical (unpaired) electrons. The minimum absolute atomic E-state index is 0. The van der Waals surface area contributed by atoms with Crippen molar-refractivity contribution in [3.05, 3.63) is 47.3 Å². The predicted octanol–water partition coefficient (Wildman–Crippen LogP) is 2.79. The third-order valence-electron chi connectivity index (χ3n) is 4.63. The second-order valence-corrected chi connectivity index (χ2v) is 6.64. The molecular formula is C19H28Cl2N4O2. The van der Waals surface area contributed by atoms with Crippen LogP contribution in [0.15, 0.2) is 30.3 Å². The number of morpholine rings is 1. The summed E-state index contributed by atoms with van der Waals surface area (Å²) in [6, 6.07) is 9.77. The molecule has 0 spiro atoms. The Morgan fingerprint density at radius 3 is 2.70 bits per heavy atom. The van der Waals surface area contributed by atoms with Gasteiger partial charge in [-0.1, -0.05) is 18.2 Å². The largest absolute Gasteiger partial charge is 0.399 e. The van der Waals surface area contributed by atoms with Gasteiger partial charge in [0, 0.05) is 30.9 Å². The third kappa shape index (κ3) is 6.13. The first kappa shape index (κ1) is 23.3.